The number of hydrogen-bond donors (Lipinski definition) is 0. The molecule has 0 fully saturated rings. The fourth-order valence-corrected chi connectivity index (χ4v) is 2.78. The van der Waals surface area contributed by atoms with Crippen LogP contribution in [0.1, 0.15) is 11.1 Å². The number of hydrogen-bond acceptors (Lipinski definition) is 5. The average Bonchev–Trinajstić information content (AvgIpc) is 2.98. The first-order valence-corrected chi connectivity index (χ1v) is 7.41. The minimum Gasteiger partial charge on any atom is -0.348 e. The first-order chi connectivity index (χ1) is 11.2. The van der Waals surface area contributed by atoms with Crippen LogP contribution in [0.2, 0.25) is 5.28 Å². The Morgan fingerprint density at radius 1 is 0.957 bits per heavy atom. The highest BCUT2D eigenvalue weighted by molar-refractivity contribution is 6.28. The van der Waals surface area contributed by atoms with Gasteiger partial charge in [-0.25, -0.2) is 24.3 Å². The van der Waals surface area contributed by atoms with Crippen molar-refractivity contribution < 1.29 is 4.39 Å². The summed E-state index contributed by atoms with van der Waals surface area (Å²) in [7, 11) is 0. The molecule has 0 saturated carbocycles. The van der Waals surface area contributed by atoms with Crippen molar-refractivity contribution in [3.63, 3.8) is 0 Å². The number of aromatic nitrogens is 4. The largest absolute Gasteiger partial charge is 0.348 e. The van der Waals surface area contributed by atoms with Crippen LogP contribution in [0.3, 0.4) is 0 Å². The summed E-state index contributed by atoms with van der Waals surface area (Å²) in [6.07, 6.45) is 3.24. The lowest BCUT2D eigenvalue weighted by molar-refractivity contribution is 0.626. The molecular formula is C16H11ClFN5. The number of benzene rings is 1. The molecule has 0 bridgehead atoms. The smallest absolute Gasteiger partial charge is 0.222 e. The summed E-state index contributed by atoms with van der Waals surface area (Å²) in [5.74, 6) is 1.03. The molecule has 5 nitrogen and oxygen atoms in total. The van der Waals surface area contributed by atoms with Crippen molar-refractivity contribution in [1.82, 2.24) is 19.9 Å². The van der Waals surface area contributed by atoms with Crippen LogP contribution in [-0.2, 0) is 13.1 Å². The zero-order valence-corrected chi connectivity index (χ0v) is 12.7. The Kier molecular flexibility index (Phi) is 3.38. The molecule has 1 aromatic carbocycles. The van der Waals surface area contributed by atoms with Crippen LogP contribution in [0, 0.1) is 5.82 Å². The summed E-state index contributed by atoms with van der Waals surface area (Å²) in [5, 5.41) is 0.153. The van der Waals surface area contributed by atoms with Gasteiger partial charge in [0.1, 0.15) is 17.3 Å². The molecule has 0 amide bonds. The van der Waals surface area contributed by atoms with Gasteiger partial charge in [-0.05, 0) is 47.0 Å². The zero-order chi connectivity index (χ0) is 15.8. The summed E-state index contributed by atoms with van der Waals surface area (Å²) >= 11 is 5.81. The number of halogens is 2. The molecule has 0 unspecified atom stereocenters. The van der Waals surface area contributed by atoms with E-state index in [1.54, 1.807) is 24.5 Å². The Hall–Kier alpha value is -2.60. The third kappa shape index (κ3) is 2.73. The van der Waals surface area contributed by atoms with E-state index in [2.05, 4.69) is 24.8 Å². The van der Waals surface area contributed by atoms with E-state index in [1.165, 1.54) is 6.07 Å². The second kappa shape index (κ2) is 5.55. The molecule has 2 aromatic heterocycles. The predicted molar refractivity (Wildman–Crippen MR) is 84.4 cm³/mol. The van der Waals surface area contributed by atoms with Gasteiger partial charge < -0.3 is 4.90 Å². The number of fused-ring (bicyclic) bond motifs is 1. The van der Waals surface area contributed by atoms with Crippen molar-refractivity contribution in [3.8, 4) is 11.5 Å². The Labute approximate surface area is 136 Å². The summed E-state index contributed by atoms with van der Waals surface area (Å²) in [6.45, 7) is 1.31. The van der Waals surface area contributed by atoms with Crippen molar-refractivity contribution in [2.45, 2.75) is 13.1 Å². The molecule has 0 aliphatic carbocycles. The average molecular weight is 328 g/mol. The molecule has 0 radical (unpaired) electrons. The van der Waals surface area contributed by atoms with Gasteiger partial charge >= 0.3 is 0 Å². The second-order valence-electron chi connectivity index (χ2n) is 5.22. The Morgan fingerprint density at radius 3 is 2.65 bits per heavy atom. The van der Waals surface area contributed by atoms with Crippen LogP contribution in [0.4, 0.5) is 10.2 Å². The van der Waals surface area contributed by atoms with Gasteiger partial charge in [-0.2, -0.15) is 0 Å². The van der Waals surface area contributed by atoms with Gasteiger partial charge in [0, 0.05) is 25.5 Å². The highest BCUT2D eigenvalue weighted by Gasteiger charge is 2.21. The summed E-state index contributed by atoms with van der Waals surface area (Å²) in [6, 6.07) is 8.41. The van der Waals surface area contributed by atoms with Gasteiger partial charge in [-0.3, -0.25) is 0 Å². The van der Waals surface area contributed by atoms with Crippen LogP contribution in [0.25, 0.3) is 11.5 Å². The van der Waals surface area contributed by atoms with Gasteiger partial charge in [0.2, 0.25) is 5.28 Å². The van der Waals surface area contributed by atoms with Gasteiger partial charge in [0.25, 0.3) is 0 Å². The van der Waals surface area contributed by atoms with Crippen molar-refractivity contribution in [2.75, 3.05) is 4.90 Å². The zero-order valence-electron chi connectivity index (χ0n) is 11.9. The summed E-state index contributed by atoms with van der Waals surface area (Å²) in [4.78, 5) is 18.8. The number of rotatable bonds is 2. The monoisotopic (exact) mass is 327 g/mol. The molecule has 7 heteroatoms. The van der Waals surface area contributed by atoms with E-state index in [0.29, 0.717) is 24.6 Å². The van der Waals surface area contributed by atoms with Crippen molar-refractivity contribution >= 4 is 17.4 Å². The molecule has 114 valence electrons. The van der Waals surface area contributed by atoms with E-state index in [4.69, 9.17) is 11.6 Å². The van der Waals surface area contributed by atoms with Crippen LogP contribution in [-0.4, -0.2) is 19.9 Å². The van der Waals surface area contributed by atoms with E-state index < -0.39 is 0 Å². The van der Waals surface area contributed by atoms with Gasteiger partial charge in [0.05, 0.1) is 0 Å². The Bertz CT molecular complexity index is 886. The van der Waals surface area contributed by atoms with Gasteiger partial charge in [-0.1, -0.05) is 6.07 Å². The number of nitrogens with zero attached hydrogens (tertiary/aromatic N) is 5. The second-order valence-corrected chi connectivity index (χ2v) is 5.56. The van der Waals surface area contributed by atoms with E-state index in [0.717, 1.165) is 16.9 Å². The molecule has 3 aromatic rings. The molecule has 0 saturated heterocycles. The minimum atomic E-state index is -0.218. The van der Waals surface area contributed by atoms with E-state index in [1.807, 2.05) is 12.1 Å². The third-order valence-corrected chi connectivity index (χ3v) is 3.89. The fourth-order valence-electron chi connectivity index (χ4n) is 2.63. The van der Waals surface area contributed by atoms with Crippen LogP contribution in [0.15, 0.2) is 42.7 Å². The van der Waals surface area contributed by atoms with E-state index in [-0.39, 0.29) is 11.1 Å². The molecular weight excluding hydrogens is 317 g/mol. The van der Waals surface area contributed by atoms with Crippen LogP contribution >= 0.6 is 11.6 Å². The fraction of sp³-hybridized carbons (Fsp3) is 0.125. The molecule has 0 atom stereocenters. The Balaban J connectivity index is 1.65. The topological polar surface area (TPSA) is 54.8 Å². The standard InChI is InChI=1S/C16H11ClFN5/c17-16-20-5-3-13(21-16)15-19-6-4-14(22-15)23-8-10-1-2-12(18)7-11(10)9-23/h1-7H,8-9H2. The van der Waals surface area contributed by atoms with Crippen LogP contribution < -0.4 is 4.90 Å². The quantitative estimate of drug-likeness (QED) is 0.676. The highest BCUT2D eigenvalue weighted by atomic mass is 35.5. The van der Waals surface area contributed by atoms with E-state index >= 15 is 0 Å². The van der Waals surface area contributed by atoms with Gasteiger partial charge in [-0.15, -0.1) is 0 Å². The summed E-state index contributed by atoms with van der Waals surface area (Å²) < 4.78 is 13.3. The maximum Gasteiger partial charge on any atom is 0.222 e. The maximum absolute atomic E-state index is 13.3. The van der Waals surface area contributed by atoms with Crippen LogP contribution in [0.5, 0.6) is 0 Å². The molecule has 1 aliphatic heterocycles. The lowest BCUT2D eigenvalue weighted by atomic mass is 10.1. The third-order valence-electron chi connectivity index (χ3n) is 3.71. The highest BCUT2D eigenvalue weighted by Crippen LogP contribution is 2.28. The maximum atomic E-state index is 13.3. The number of anilines is 1. The first-order valence-electron chi connectivity index (χ1n) is 7.03. The van der Waals surface area contributed by atoms with Crippen molar-refractivity contribution in [2.24, 2.45) is 0 Å². The van der Waals surface area contributed by atoms with Crippen molar-refractivity contribution in [1.29, 1.82) is 0 Å². The lowest BCUT2D eigenvalue weighted by Crippen LogP contribution is -2.16. The first kappa shape index (κ1) is 14.0. The minimum absolute atomic E-state index is 0.153. The predicted octanol–water partition coefficient (Wildman–Crippen LogP) is 3.25. The molecule has 0 N–H and O–H groups in total. The molecule has 3 heterocycles. The molecule has 1 aliphatic rings. The molecule has 23 heavy (non-hydrogen) atoms. The van der Waals surface area contributed by atoms with Gasteiger partial charge in [0.15, 0.2) is 5.82 Å². The van der Waals surface area contributed by atoms with E-state index in [9.17, 15) is 4.39 Å². The molecule has 0 spiro atoms. The SMILES string of the molecule is Fc1ccc2c(c1)CN(c1ccnc(-c3ccnc(Cl)n3)n1)C2. The summed E-state index contributed by atoms with van der Waals surface area (Å²) in [5.41, 5.74) is 2.65. The normalized spacial score (nSPS) is 13.2. The van der Waals surface area contributed by atoms with Crippen molar-refractivity contribution in [3.05, 3.63) is 65.0 Å². The molecule has 4 rings (SSSR count). The Morgan fingerprint density at radius 2 is 1.78 bits per heavy atom. The lowest BCUT2D eigenvalue weighted by Gasteiger charge is -2.16.